The van der Waals surface area contributed by atoms with Gasteiger partial charge in [0.05, 0.1) is 18.2 Å². The van der Waals surface area contributed by atoms with Crippen molar-refractivity contribution in [3.05, 3.63) is 76.6 Å². The van der Waals surface area contributed by atoms with Crippen molar-refractivity contribution in [1.82, 2.24) is 25.1 Å². The topological polar surface area (TPSA) is 124 Å². The third kappa shape index (κ3) is 7.97. The van der Waals surface area contributed by atoms with E-state index in [1.54, 1.807) is 0 Å². The van der Waals surface area contributed by atoms with Crippen LogP contribution in [0.5, 0.6) is 5.75 Å². The highest BCUT2D eigenvalue weighted by molar-refractivity contribution is 6.32. The molecule has 2 saturated heterocycles. The summed E-state index contributed by atoms with van der Waals surface area (Å²) in [5.74, 6) is 0.903. The van der Waals surface area contributed by atoms with Crippen LogP contribution in [0.25, 0.3) is 0 Å². The van der Waals surface area contributed by atoms with Gasteiger partial charge in [-0.25, -0.2) is 9.97 Å². The Labute approximate surface area is 264 Å². The minimum absolute atomic E-state index is 0.0231. The average molecular weight is 617 g/mol. The van der Waals surface area contributed by atoms with Crippen LogP contribution >= 0.6 is 11.6 Å². The van der Waals surface area contributed by atoms with Gasteiger partial charge in [-0.05, 0) is 62.2 Å². The SMILES string of the molecule is CCC[C@H]1CN(c2nc(N)c(C(=O)NCCOc3ccccc3)nc2Cl)CCN1C1CCN(Cc2ccc(C#N)cc2)CC1. The minimum Gasteiger partial charge on any atom is -0.492 e. The van der Waals surface area contributed by atoms with E-state index in [0.29, 0.717) is 36.6 Å². The van der Waals surface area contributed by atoms with Gasteiger partial charge in [-0.3, -0.25) is 14.6 Å². The predicted molar refractivity (Wildman–Crippen MR) is 173 cm³/mol. The Kier molecular flexibility index (Phi) is 10.9. The van der Waals surface area contributed by atoms with Crippen LogP contribution in [0.15, 0.2) is 54.6 Å². The molecule has 2 aliphatic rings. The molecule has 0 spiro atoms. The number of carbonyl (C=O) groups excluding carboxylic acids is 1. The Morgan fingerprint density at radius 2 is 1.84 bits per heavy atom. The van der Waals surface area contributed by atoms with Crippen molar-refractivity contribution in [2.24, 2.45) is 0 Å². The fourth-order valence-corrected chi connectivity index (χ4v) is 6.45. The summed E-state index contributed by atoms with van der Waals surface area (Å²) < 4.78 is 5.63. The van der Waals surface area contributed by atoms with Gasteiger partial charge < -0.3 is 20.7 Å². The number of amides is 1. The standard InChI is InChI=1S/C33H41ClN8O2/c1-2-6-27-23-41(18-19-42(27)26-13-16-40(17-14-26)22-25-11-9-24(21-35)10-12-25)32-30(34)38-29(31(36)39-32)33(43)37-15-20-44-28-7-4-3-5-8-28/h3-5,7-12,26-27H,2,6,13-20,22-23H2,1H3,(H2,36,39)(H,37,43)/t27-/m0/s1. The zero-order chi connectivity index (χ0) is 30.9. The van der Waals surface area contributed by atoms with Crippen LogP contribution in [0, 0.1) is 11.3 Å². The molecule has 0 aliphatic carbocycles. The number of hydrogen-bond donors (Lipinski definition) is 2. The number of likely N-dealkylation sites (tertiary alicyclic amines) is 1. The zero-order valence-corrected chi connectivity index (χ0v) is 26.0. The van der Waals surface area contributed by atoms with Gasteiger partial charge in [0.15, 0.2) is 22.5 Å². The molecular formula is C33H41ClN8O2. The highest BCUT2D eigenvalue weighted by Crippen LogP contribution is 2.30. The van der Waals surface area contributed by atoms with Crippen LogP contribution in [0.2, 0.25) is 5.15 Å². The largest absolute Gasteiger partial charge is 0.492 e. The number of nitrogens with two attached hydrogens (primary N) is 1. The first-order valence-electron chi connectivity index (χ1n) is 15.5. The highest BCUT2D eigenvalue weighted by atomic mass is 35.5. The monoisotopic (exact) mass is 616 g/mol. The Bertz CT molecular complexity index is 1420. The number of piperazine rings is 1. The number of nitrogens with zero attached hydrogens (tertiary/aromatic N) is 6. The van der Waals surface area contributed by atoms with Crippen LogP contribution in [-0.2, 0) is 6.54 Å². The minimum atomic E-state index is -0.431. The predicted octanol–water partition coefficient (Wildman–Crippen LogP) is 4.35. The molecule has 2 aromatic carbocycles. The maximum absolute atomic E-state index is 12.8. The van der Waals surface area contributed by atoms with Crippen molar-refractivity contribution in [2.75, 3.05) is 56.5 Å². The fourth-order valence-electron chi connectivity index (χ4n) is 6.21. The normalized spacial score (nSPS) is 18.1. The van der Waals surface area contributed by atoms with E-state index in [2.05, 4.69) is 55.1 Å². The number of rotatable bonds is 11. The smallest absolute Gasteiger partial charge is 0.273 e. The molecule has 1 aromatic heterocycles. The molecule has 3 heterocycles. The molecule has 2 fully saturated rings. The summed E-state index contributed by atoms with van der Waals surface area (Å²) in [5, 5.41) is 12.0. The number of nitrogen functional groups attached to an aromatic ring is 1. The summed E-state index contributed by atoms with van der Waals surface area (Å²) in [4.78, 5) is 29.1. The third-order valence-corrected chi connectivity index (χ3v) is 8.70. The summed E-state index contributed by atoms with van der Waals surface area (Å²) in [6, 6.07) is 20.4. The summed E-state index contributed by atoms with van der Waals surface area (Å²) in [7, 11) is 0. The van der Waals surface area contributed by atoms with Crippen LogP contribution in [0.3, 0.4) is 0 Å². The van der Waals surface area contributed by atoms with E-state index in [-0.39, 0.29) is 16.7 Å². The van der Waals surface area contributed by atoms with E-state index in [4.69, 9.17) is 27.3 Å². The number of ether oxygens (including phenoxy) is 1. The van der Waals surface area contributed by atoms with Crippen molar-refractivity contribution in [3.8, 4) is 11.8 Å². The molecule has 10 nitrogen and oxygen atoms in total. The molecule has 232 valence electrons. The fraction of sp³-hybridized carbons (Fsp3) is 0.455. The number of carbonyl (C=O) groups is 1. The van der Waals surface area contributed by atoms with E-state index in [9.17, 15) is 4.79 Å². The third-order valence-electron chi connectivity index (χ3n) is 8.44. The lowest BCUT2D eigenvalue weighted by atomic mass is 9.97. The molecule has 11 heteroatoms. The summed E-state index contributed by atoms with van der Waals surface area (Å²) in [6.45, 7) is 8.32. The molecule has 1 amide bonds. The first kappa shape index (κ1) is 31.5. The van der Waals surface area contributed by atoms with Crippen molar-refractivity contribution >= 4 is 29.1 Å². The number of anilines is 2. The molecule has 1 atom stereocenters. The lowest BCUT2D eigenvalue weighted by Crippen LogP contribution is -2.58. The van der Waals surface area contributed by atoms with E-state index in [1.165, 1.54) is 5.56 Å². The van der Waals surface area contributed by atoms with Gasteiger partial charge in [0.2, 0.25) is 0 Å². The quantitative estimate of drug-likeness (QED) is 0.303. The maximum atomic E-state index is 12.8. The van der Waals surface area contributed by atoms with Crippen molar-refractivity contribution < 1.29 is 9.53 Å². The number of hydrogen-bond acceptors (Lipinski definition) is 9. The van der Waals surface area contributed by atoms with Crippen LogP contribution < -0.4 is 20.7 Å². The molecule has 2 aliphatic heterocycles. The number of para-hydroxylation sites is 1. The second kappa shape index (κ2) is 15.2. The van der Waals surface area contributed by atoms with Gasteiger partial charge >= 0.3 is 0 Å². The molecule has 0 saturated carbocycles. The summed E-state index contributed by atoms with van der Waals surface area (Å²) >= 11 is 6.62. The molecule has 0 radical (unpaired) electrons. The first-order valence-corrected chi connectivity index (χ1v) is 15.8. The molecule has 0 bridgehead atoms. The lowest BCUT2D eigenvalue weighted by Gasteiger charge is -2.48. The molecule has 44 heavy (non-hydrogen) atoms. The summed E-state index contributed by atoms with van der Waals surface area (Å²) in [6.07, 6.45) is 4.42. The van der Waals surface area contributed by atoms with Crippen molar-refractivity contribution in [3.63, 3.8) is 0 Å². The number of piperidine rings is 1. The van der Waals surface area contributed by atoms with Gasteiger partial charge in [-0.1, -0.05) is 55.3 Å². The van der Waals surface area contributed by atoms with E-state index in [0.717, 1.165) is 70.7 Å². The second-order valence-electron chi connectivity index (χ2n) is 11.4. The lowest BCUT2D eigenvalue weighted by molar-refractivity contribution is 0.0589. The molecule has 3 aromatic rings. The number of halogens is 1. The number of nitriles is 1. The van der Waals surface area contributed by atoms with E-state index >= 15 is 0 Å². The van der Waals surface area contributed by atoms with Gasteiger partial charge in [0.1, 0.15) is 12.4 Å². The average Bonchev–Trinajstić information content (AvgIpc) is 3.05. The Hall–Kier alpha value is -3.91. The molecular weight excluding hydrogens is 576 g/mol. The Balaban J connectivity index is 1.14. The number of aromatic nitrogens is 2. The van der Waals surface area contributed by atoms with Crippen molar-refractivity contribution in [1.29, 1.82) is 5.26 Å². The van der Waals surface area contributed by atoms with Gasteiger partial charge in [-0.15, -0.1) is 0 Å². The van der Waals surface area contributed by atoms with Gasteiger partial charge in [0.25, 0.3) is 5.91 Å². The van der Waals surface area contributed by atoms with Crippen molar-refractivity contribution in [2.45, 2.75) is 51.2 Å². The maximum Gasteiger partial charge on any atom is 0.273 e. The second-order valence-corrected chi connectivity index (χ2v) is 11.8. The highest BCUT2D eigenvalue weighted by Gasteiger charge is 2.35. The first-order chi connectivity index (χ1) is 21.4. The van der Waals surface area contributed by atoms with Crippen LogP contribution in [0.4, 0.5) is 11.6 Å². The van der Waals surface area contributed by atoms with Crippen LogP contribution in [0.1, 0.15) is 54.2 Å². The molecule has 0 unspecified atom stereocenters. The van der Waals surface area contributed by atoms with Gasteiger partial charge in [0, 0.05) is 38.3 Å². The molecule has 3 N–H and O–H groups in total. The Morgan fingerprint density at radius 1 is 1.09 bits per heavy atom. The van der Waals surface area contributed by atoms with E-state index < -0.39 is 5.91 Å². The van der Waals surface area contributed by atoms with Gasteiger partial charge in [-0.2, -0.15) is 5.26 Å². The van der Waals surface area contributed by atoms with Crippen LogP contribution in [-0.4, -0.2) is 83.6 Å². The number of benzene rings is 2. The van der Waals surface area contributed by atoms with E-state index in [1.807, 2.05) is 42.5 Å². The zero-order valence-electron chi connectivity index (χ0n) is 25.3. The molecule has 5 rings (SSSR count). The number of nitrogens with one attached hydrogen (secondary N) is 1. The Morgan fingerprint density at radius 3 is 2.55 bits per heavy atom. The summed E-state index contributed by atoms with van der Waals surface area (Å²) in [5.41, 5.74) is 8.20.